The van der Waals surface area contributed by atoms with Gasteiger partial charge in [0.15, 0.2) is 0 Å². The van der Waals surface area contributed by atoms with Crippen molar-refractivity contribution in [3.8, 4) is 5.75 Å². The number of rotatable bonds is 10. The summed E-state index contributed by atoms with van der Waals surface area (Å²) in [6.45, 7) is 7.04. The molecule has 0 radical (unpaired) electrons. The molecule has 0 unspecified atom stereocenters. The second kappa shape index (κ2) is 10.3. The van der Waals surface area contributed by atoms with Gasteiger partial charge in [0.2, 0.25) is 5.91 Å². The van der Waals surface area contributed by atoms with E-state index in [4.69, 9.17) is 10.5 Å². The van der Waals surface area contributed by atoms with Gasteiger partial charge in [0.25, 0.3) is 5.56 Å². The lowest BCUT2D eigenvalue weighted by atomic mass is 10.1. The van der Waals surface area contributed by atoms with Crippen molar-refractivity contribution < 1.29 is 9.53 Å². The summed E-state index contributed by atoms with van der Waals surface area (Å²) in [5.74, 6) is 0.334. The monoisotopic (exact) mass is 450 g/mol. The van der Waals surface area contributed by atoms with Crippen molar-refractivity contribution >= 4 is 27.5 Å². The zero-order chi connectivity index (χ0) is 20.7. The van der Waals surface area contributed by atoms with Crippen molar-refractivity contribution in [2.24, 2.45) is 5.73 Å². The van der Waals surface area contributed by atoms with Crippen molar-refractivity contribution in [3.05, 3.63) is 50.3 Å². The molecule has 0 bridgehead atoms. The molecule has 1 amide bonds. The first-order valence-corrected chi connectivity index (χ1v) is 10.2. The first-order chi connectivity index (χ1) is 13.3. The third-order valence-electron chi connectivity index (χ3n) is 4.19. The van der Waals surface area contributed by atoms with Crippen LogP contribution in [0.4, 0.5) is 5.69 Å². The molecule has 2 rings (SSSR count). The number of carbonyl (C=O) groups excluding carboxylic acids is 1. The van der Waals surface area contributed by atoms with Gasteiger partial charge < -0.3 is 15.8 Å². The van der Waals surface area contributed by atoms with Gasteiger partial charge in [-0.25, -0.2) is 4.68 Å². The number of hydrogen-bond acceptors (Lipinski definition) is 5. The lowest BCUT2D eigenvalue weighted by molar-refractivity contribution is 0.1000. The fourth-order valence-corrected chi connectivity index (χ4v) is 3.18. The second-order valence-corrected chi connectivity index (χ2v) is 7.57. The number of aromatic nitrogens is 2. The minimum absolute atomic E-state index is 0.00418. The van der Waals surface area contributed by atoms with E-state index in [1.807, 2.05) is 13.8 Å². The molecule has 0 spiro atoms. The molecule has 0 atom stereocenters. The number of nitrogens with two attached hydrogens (primary N) is 1. The van der Waals surface area contributed by atoms with Gasteiger partial charge >= 0.3 is 0 Å². The van der Waals surface area contributed by atoms with Crippen molar-refractivity contribution in [2.75, 3.05) is 18.5 Å². The van der Waals surface area contributed by atoms with Crippen LogP contribution in [0.1, 0.15) is 55.6 Å². The van der Waals surface area contributed by atoms with Crippen LogP contribution < -0.4 is 21.3 Å². The summed E-state index contributed by atoms with van der Waals surface area (Å²) >= 11 is 3.35. The van der Waals surface area contributed by atoms with Crippen LogP contribution in [0.25, 0.3) is 0 Å². The molecular weight excluding hydrogens is 424 g/mol. The quantitative estimate of drug-likeness (QED) is 0.539. The Morgan fingerprint density at radius 3 is 2.79 bits per heavy atom. The van der Waals surface area contributed by atoms with E-state index in [1.165, 1.54) is 4.68 Å². The van der Waals surface area contributed by atoms with Gasteiger partial charge in [0.05, 0.1) is 24.5 Å². The number of aryl methyl sites for hydroxylation is 1. The van der Waals surface area contributed by atoms with E-state index in [9.17, 15) is 9.59 Å². The van der Waals surface area contributed by atoms with Crippen LogP contribution in [0.3, 0.4) is 0 Å². The molecule has 3 N–H and O–H groups in total. The van der Waals surface area contributed by atoms with Crippen LogP contribution >= 0.6 is 15.9 Å². The average Bonchev–Trinajstić information content (AvgIpc) is 2.65. The Morgan fingerprint density at radius 1 is 1.39 bits per heavy atom. The summed E-state index contributed by atoms with van der Waals surface area (Å²) in [5.41, 5.74) is 7.33. The number of carbonyl (C=O) groups is 1. The third-order valence-corrected chi connectivity index (χ3v) is 4.96. The molecule has 0 saturated carbocycles. The summed E-state index contributed by atoms with van der Waals surface area (Å²) in [5, 5.41) is 7.39. The summed E-state index contributed by atoms with van der Waals surface area (Å²) in [7, 11) is 0. The van der Waals surface area contributed by atoms with Crippen LogP contribution in [0.5, 0.6) is 5.75 Å². The van der Waals surface area contributed by atoms with Gasteiger partial charge in [-0.1, -0.05) is 13.3 Å². The molecule has 2 aromatic rings. The van der Waals surface area contributed by atoms with Crippen LogP contribution in [0.15, 0.2) is 33.7 Å². The molecule has 0 fully saturated rings. The van der Waals surface area contributed by atoms with Crippen molar-refractivity contribution in [2.45, 2.75) is 46.1 Å². The fourth-order valence-electron chi connectivity index (χ4n) is 2.75. The second-order valence-electron chi connectivity index (χ2n) is 6.78. The number of halogens is 1. The van der Waals surface area contributed by atoms with Gasteiger partial charge in [-0.05, 0) is 66.4 Å². The molecule has 0 aliphatic carbocycles. The Balaban J connectivity index is 1.91. The summed E-state index contributed by atoms with van der Waals surface area (Å²) in [6, 6.07) is 5.28. The maximum Gasteiger partial charge on any atom is 0.283 e. The Kier molecular flexibility index (Phi) is 8.04. The van der Waals surface area contributed by atoms with Crippen LogP contribution in [0, 0.1) is 0 Å². The number of nitrogens with zero attached hydrogens (tertiary/aromatic N) is 2. The normalized spacial score (nSPS) is 10.9. The highest BCUT2D eigenvalue weighted by Crippen LogP contribution is 2.22. The van der Waals surface area contributed by atoms with Gasteiger partial charge in [-0.3, -0.25) is 9.59 Å². The first-order valence-electron chi connectivity index (χ1n) is 9.41. The first kappa shape index (κ1) is 21.9. The summed E-state index contributed by atoms with van der Waals surface area (Å²) < 4.78 is 7.79. The van der Waals surface area contributed by atoms with Crippen LogP contribution in [-0.4, -0.2) is 28.8 Å². The number of benzene rings is 1. The van der Waals surface area contributed by atoms with Gasteiger partial charge in [0, 0.05) is 12.1 Å². The molecule has 0 aliphatic rings. The molecule has 152 valence electrons. The molecule has 1 aromatic heterocycles. The van der Waals surface area contributed by atoms with Crippen LogP contribution in [-0.2, 0) is 6.42 Å². The Bertz CT molecular complexity index is 880. The van der Waals surface area contributed by atoms with E-state index in [1.54, 1.807) is 24.4 Å². The minimum Gasteiger partial charge on any atom is -0.493 e. The van der Waals surface area contributed by atoms with Crippen LogP contribution in [0.2, 0.25) is 0 Å². The smallest absolute Gasteiger partial charge is 0.283 e. The molecule has 7 nitrogen and oxygen atoms in total. The highest BCUT2D eigenvalue weighted by molar-refractivity contribution is 9.10. The van der Waals surface area contributed by atoms with E-state index >= 15 is 0 Å². The predicted molar refractivity (Wildman–Crippen MR) is 114 cm³/mol. The van der Waals surface area contributed by atoms with E-state index < -0.39 is 5.91 Å². The highest BCUT2D eigenvalue weighted by atomic mass is 79.9. The van der Waals surface area contributed by atoms with E-state index in [0.717, 1.165) is 30.6 Å². The molecular formula is C20H27BrN4O3. The van der Waals surface area contributed by atoms with E-state index in [-0.39, 0.29) is 11.6 Å². The molecule has 0 saturated heterocycles. The maximum absolute atomic E-state index is 12.2. The maximum atomic E-state index is 12.2. The standard InChI is InChI=1S/C20H27BrN4O3/c1-4-6-14-11-15(19(22)26)7-8-17(14)28-10-5-9-23-16-12-24-25(13(2)3)20(27)18(16)21/h7-8,11-13,23H,4-6,9-10H2,1-3H3,(H2,22,26). The summed E-state index contributed by atoms with van der Waals surface area (Å²) in [6.07, 6.45) is 4.15. The van der Waals surface area contributed by atoms with Gasteiger partial charge in [0.1, 0.15) is 10.2 Å². The minimum atomic E-state index is -0.438. The Morgan fingerprint density at radius 2 is 2.14 bits per heavy atom. The topological polar surface area (TPSA) is 99.2 Å². The lowest BCUT2D eigenvalue weighted by Gasteiger charge is -2.14. The van der Waals surface area contributed by atoms with Crippen molar-refractivity contribution in [1.29, 1.82) is 0 Å². The number of ether oxygens (including phenoxy) is 1. The van der Waals surface area contributed by atoms with Crippen molar-refractivity contribution in [1.82, 2.24) is 9.78 Å². The lowest BCUT2D eigenvalue weighted by Crippen LogP contribution is -2.26. The number of primary amides is 1. The zero-order valence-electron chi connectivity index (χ0n) is 16.5. The van der Waals surface area contributed by atoms with E-state index in [0.29, 0.717) is 28.9 Å². The number of amides is 1. The molecule has 0 aliphatic heterocycles. The Hall–Kier alpha value is -2.35. The fraction of sp³-hybridized carbons (Fsp3) is 0.450. The third kappa shape index (κ3) is 5.58. The molecule has 1 aromatic carbocycles. The number of hydrogen-bond donors (Lipinski definition) is 2. The average molecular weight is 451 g/mol. The largest absolute Gasteiger partial charge is 0.493 e. The van der Waals surface area contributed by atoms with Crippen molar-refractivity contribution in [3.63, 3.8) is 0 Å². The Labute approximate surface area is 173 Å². The predicted octanol–water partition coefficient (Wildman–Crippen LogP) is 3.52. The molecule has 1 heterocycles. The summed E-state index contributed by atoms with van der Waals surface area (Å²) in [4.78, 5) is 23.6. The molecule has 8 heteroatoms. The zero-order valence-corrected chi connectivity index (χ0v) is 18.1. The number of anilines is 1. The highest BCUT2D eigenvalue weighted by Gasteiger charge is 2.11. The number of nitrogens with one attached hydrogen (secondary N) is 1. The SMILES string of the molecule is CCCc1cc(C(N)=O)ccc1OCCCNc1cnn(C(C)C)c(=O)c1Br. The van der Waals surface area contributed by atoms with E-state index in [2.05, 4.69) is 33.3 Å². The van der Waals surface area contributed by atoms with Gasteiger partial charge in [-0.15, -0.1) is 0 Å². The van der Waals surface area contributed by atoms with Gasteiger partial charge in [-0.2, -0.15) is 5.10 Å². The molecule has 28 heavy (non-hydrogen) atoms.